The van der Waals surface area contributed by atoms with E-state index in [1.165, 1.54) is 0 Å². The summed E-state index contributed by atoms with van der Waals surface area (Å²) in [5.41, 5.74) is 0.234. The van der Waals surface area contributed by atoms with E-state index in [2.05, 4.69) is 19.2 Å². The second-order valence-electron chi connectivity index (χ2n) is 7.02. The Morgan fingerprint density at radius 2 is 1.92 bits per heavy atom. The molecule has 0 bridgehead atoms. The third-order valence-corrected chi connectivity index (χ3v) is 4.80. The number of unbranched alkanes of at least 4 members (excludes halogenated alkanes) is 1. The van der Waals surface area contributed by atoms with Gasteiger partial charge in [-0.05, 0) is 12.5 Å². The van der Waals surface area contributed by atoms with E-state index in [1.54, 1.807) is 6.08 Å². The van der Waals surface area contributed by atoms with Gasteiger partial charge in [0.05, 0.1) is 12.6 Å². The summed E-state index contributed by atoms with van der Waals surface area (Å²) < 4.78 is 17.6. The van der Waals surface area contributed by atoms with Crippen LogP contribution in [0.4, 0.5) is 4.79 Å². The lowest BCUT2D eigenvalue weighted by atomic mass is 9.90. The quantitative estimate of drug-likeness (QED) is 0.605. The molecule has 0 aromatic heterocycles. The van der Waals surface area contributed by atoms with Crippen molar-refractivity contribution in [3.05, 3.63) is 11.6 Å². The van der Waals surface area contributed by atoms with Crippen LogP contribution in [0, 0.1) is 0 Å². The van der Waals surface area contributed by atoms with E-state index >= 15 is 0 Å². The summed E-state index contributed by atoms with van der Waals surface area (Å²) in [4.78, 5) is 23.6. The zero-order chi connectivity index (χ0) is 19.2. The number of carbonyl (C=O) groups excluding carboxylic acids is 1. The number of amides is 1. The average molecular weight is 369 g/mol. The Bertz CT molecular complexity index is 526. The summed E-state index contributed by atoms with van der Waals surface area (Å²) in [6.07, 6.45) is 5.37. The van der Waals surface area contributed by atoms with E-state index in [0.717, 1.165) is 38.5 Å². The molecule has 3 unspecified atom stereocenters. The number of hydrogen-bond acceptors (Lipinski definition) is 5. The minimum Gasteiger partial charge on any atom is -0.478 e. The molecule has 1 saturated heterocycles. The van der Waals surface area contributed by atoms with Crippen LogP contribution in [0.25, 0.3) is 0 Å². The fourth-order valence-corrected chi connectivity index (χ4v) is 3.63. The molecular formula is C19H31NO6. The Morgan fingerprint density at radius 1 is 1.23 bits per heavy atom. The van der Waals surface area contributed by atoms with Gasteiger partial charge < -0.3 is 24.6 Å². The summed E-state index contributed by atoms with van der Waals surface area (Å²) in [6.45, 7) is 6.48. The summed E-state index contributed by atoms with van der Waals surface area (Å²) >= 11 is 0. The number of fused-ring (bicyclic) bond motifs is 1. The molecule has 7 heteroatoms. The van der Waals surface area contributed by atoms with Crippen molar-refractivity contribution in [2.24, 2.45) is 0 Å². The zero-order valence-corrected chi connectivity index (χ0v) is 16.0. The number of hydrogen-bond donors (Lipinski definition) is 2. The Labute approximate surface area is 155 Å². The van der Waals surface area contributed by atoms with Crippen molar-refractivity contribution in [2.45, 2.75) is 89.8 Å². The lowest BCUT2D eigenvalue weighted by molar-refractivity contribution is -0.183. The van der Waals surface area contributed by atoms with Crippen LogP contribution < -0.4 is 5.32 Å². The molecule has 2 aliphatic rings. The average Bonchev–Trinajstić information content (AvgIpc) is 2.94. The molecule has 1 fully saturated rings. The number of nitrogens with one attached hydrogen (secondary N) is 1. The molecule has 1 amide bonds. The molecule has 0 spiro atoms. The maximum Gasteiger partial charge on any atom is 0.407 e. The predicted octanol–water partition coefficient (Wildman–Crippen LogP) is 3.38. The lowest BCUT2D eigenvalue weighted by Crippen LogP contribution is -2.50. The fourth-order valence-electron chi connectivity index (χ4n) is 3.63. The van der Waals surface area contributed by atoms with E-state index in [4.69, 9.17) is 14.2 Å². The molecule has 7 nitrogen and oxygen atoms in total. The summed E-state index contributed by atoms with van der Waals surface area (Å²) in [7, 11) is 0. The maximum absolute atomic E-state index is 12.1. The van der Waals surface area contributed by atoms with Crippen LogP contribution in [0.2, 0.25) is 0 Å². The summed E-state index contributed by atoms with van der Waals surface area (Å²) in [6, 6.07) is -0.485. The maximum atomic E-state index is 12.1. The van der Waals surface area contributed by atoms with Gasteiger partial charge in [0.25, 0.3) is 0 Å². The Hall–Kier alpha value is -1.60. The SMILES string of the molecule is CCCCOC(=O)NC1CC(C(=O)O)=CC2OC(CCC)(CCC)OC12. The summed E-state index contributed by atoms with van der Waals surface area (Å²) in [5.74, 6) is -1.71. The van der Waals surface area contributed by atoms with Crippen molar-refractivity contribution < 1.29 is 28.9 Å². The smallest absolute Gasteiger partial charge is 0.407 e. The summed E-state index contributed by atoms with van der Waals surface area (Å²) in [5, 5.41) is 12.2. The molecule has 1 aliphatic carbocycles. The van der Waals surface area contributed by atoms with Gasteiger partial charge in [0.2, 0.25) is 0 Å². The van der Waals surface area contributed by atoms with Crippen molar-refractivity contribution in [3.63, 3.8) is 0 Å². The van der Waals surface area contributed by atoms with Crippen LogP contribution in [-0.2, 0) is 19.0 Å². The molecule has 2 N–H and O–H groups in total. The monoisotopic (exact) mass is 369 g/mol. The van der Waals surface area contributed by atoms with E-state index in [1.807, 2.05) is 6.92 Å². The largest absolute Gasteiger partial charge is 0.478 e. The van der Waals surface area contributed by atoms with Gasteiger partial charge in [-0.25, -0.2) is 9.59 Å². The van der Waals surface area contributed by atoms with Crippen molar-refractivity contribution in [2.75, 3.05) is 6.61 Å². The van der Waals surface area contributed by atoms with Gasteiger partial charge >= 0.3 is 12.1 Å². The molecular weight excluding hydrogens is 338 g/mol. The van der Waals surface area contributed by atoms with Gasteiger partial charge in [-0.1, -0.05) is 40.0 Å². The standard InChI is InChI=1S/C19H31NO6/c1-4-7-10-24-18(23)20-14-11-13(17(21)22)12-15-16(14)26-19(25-15,8-5-2)9-6-3/h12,14-16H,4-11H2,1-3H3,(H,20,23)(H,21,22). The first-order valence-electron chi connectivity index (χ1n) is 9.67. The van der Waals surface area contributed by atoms with E-state index < -0.39 is 36.1 Å². The van der Waals surface area contributed by atoms with Crippen LogP contribution in [0.3, 0.4) is 0 Å². The minimum atomic E-state index is -0.998. The third kappa shape index (κ3) is 4.98. The van der Waals surface area contributed by atoms with E-state index in [-0.39, 0.29) is 12.0 Å². The normalized spacial score (nSPS) is 26.7. The molecule has 2 rings (SSSR count). The molecule has 0 aromatic rings. The first-order chi connectivity index (χ1) is 12.4. The highest BCUT2D eigenvalue weighted by Crippen LogP contribution is 2.41. The first-order valence-corrected chi connectivity index (χ1v) is 9.67. The molecule has 0 radical (unpaired) electrons. The van der Waals surface area contributed by atoms with Crippen molar-refractivity contribution >= 4 is 12.1 Å². The lowest BCUT2D eigenvalue weighted by Gasteiger charge is -2.31. The third-order valence-electron chi connectivity index (χ3n) is 4.80. The van der Waals surface area contributed by atoms with Gasteiger partial charge in [-0.15, -0.1) is 0 Å². The van der Waals surface area contributed by atoms with Crippen LogP contribution in [0.1, 0.15) is 65.7 Å². The Kier molecular flexibility index (Phi) is 7.46. The first kappa shape index (κ1) is 20.7. The van der Waals surface area contributed by atoms with Crippen LogP contribution in [0.5, 0.6) is 0 Å². The second-order valence-corrected chi connectivity index (χ2v) is 7.02. The number of carboxylic acids is 1. The van der Waals surface area contributed by atoms with Gasteiger partial charge in [0, 0.05) is 24.8 Å². The molecule has 1 aliphatic heterocycles. The van der Waals surface area contributed by atoms with Gasteiger partial charge in [-0.2, -0.15) is 0 Å². The highest BCUT2D eigenvalue weighted by Gasteiger charge is 2.51. The van der Waals surface area contributed by atoms with Crippen molar-refractivity contribution in [3.8, 4) is 0 Å². The number of rotatable bonds is 9. The van der Waals surface area contributed by atoms with Crippen molar-refractivity contribution in [1.29, 1.82) is 0 Å². The predicted molar refractivity (Wildman–Crippen MR) is 95.8 cm³/mol. The van der Waals surface area contributed by atoms with Crippen LogP contribution in [-0.4, -0.2) is 47.8 Å². The zero-order valence-electron chi connectivity index (χ0n) is 16.0. The topological polar surface area (TPSA) is 94.1 Å². The minimum absolute atomic E-state index is 0.192. The molecule has 3 atom stereocenters. The van der Waals surface area contributed by atoms with Crippen LogP contribution in [0.15, 0.2) is 11.6 Å². The Morgan fingerprint density at radius 3 is 2.50 bits per heavy atom. The molecule has 1 heterocycles. The second kappa shape index (κ2) is 9.37. The highest BCUT2D eigenvalue weighted by molar-refractivity contribution is 5.87. The number of ether oxygens (including phenoxy) is 3. The van der Waals surface area contributed by atoms with Crippen molar-refractivity contribution in [1.82, 2.24) is 5.32 Å². The van der Waals surface area contributed by atoms with E-state index in [9.17, 15) is 14.7 Å². The Balaban J connectivity index is 2.14. The number of alkyl carbamates (subject to hydrolysis) is 1. The molecule has 0 saturated carbocycles. The molecule has 26 heavy (non-hydrogen) atoms. The van der Waals surface area contributed by atoms with E-state index in [0.29, 0.717) is 6.61 Å². The van der Waals surface area contributed by atoms with Gasteiger partial charge in [0.15, 0.2) is 5.79 Å². The number of aliphatic carboxylic acids is 1. The van der Waals surface area contributed by atoms with Crippen LogP contribution >= 0.6 is 0 Å². The van der Waals surface area contributed by atoms with Gasteiger partial charge in [0.1, 0.15) is 12.2 Å². The molecule has 148 valence electrons. The highest BCUT2D eigenvalue weighted by atomic mass is 16.8. The number of carbonyl (C=O) groups is 2. The fraction of sp³-hybridized carbons (Fsp3) is 0.789. The number of carboxylic acid groups (broad SMARTS) is 1. The molecule has 0 aromatic carbocycles. The van der Waals surface area contributed by atoms with Gasteiger partial charge in [-0.3, -0.25) is 0 Å².